The fourth-order valence-electron chi connectivity index (χ4n) is 9.38. The van der Waals surface area contributed by atoms with Gasteiger partial charge in [-0.25, -0.2) is 4.57 Å². The number of amides is 1. The Balaban J connectivity index is 0.790. The molecule has 0 spiro atoms. The molecule has 3 aromatic carbocycles. The van der Waals surface area contributed by atoms with E-state index in [4.69, 9.17) is 21.3 Å². The van der Waals surface area contributed by atoms with Crippen molar-refractivity contribution in [1.29, 1.82) is 0 Å². The highest BCUT2D eigenvalue weighted by atomic mass is 35.5. The van der Waals surface area contributed by atoms with Crippen molar-refractivity contribution in [1.82, 2.24) is 44.2 Å². The maximum Gasteiger partial charge on any atom is 0.319 e. The predicted molar refractivity (Wildman–Crippen MR) is 250 cm³/mol. The van der Waals surface area contributed by atoms with Crippen LogP contribution in [0.1, 0.15) is 89.4 Å². The largest absolute Gasteiger partial charge is 0.508 e. The summed E-state index contributed by atoms with van der Waals surface area (Å²) in [5, 5.41) is 40.4. The molecule has 3 aromatic heterocycles. The van der Waals surface area contributed by atoms with E-state index in [1.54, 1.807) is 29.1 Å². The molecule has 2 saturated heterocycles. The quantitative estimate of drug-likeness (QED) is 0.131. The number of phenolic OH excluding ortho intramolecular Hbond substituents is 1. The molecule has 6 aromatic rings. The third kappa shape index (κ3) is 8.53. The molecular weight excluding hydrogens is 848 g/mol. The maximum absolute atomic E-state index is 14.1. The molecule has 0 unspecified atom stereocenters. The van der Waals surface area contributed by atoms with Crippen molar-refractivity contribution in [3.63, 3.8) is 0 Å². The molecule has 1 amide bonds. The summed E-state index contributed by atoms with van der Waals surface area (Å²) in [7, 11) is 1.54. The monoisotopic (exact) mass is 902 g/mol. The fourth-order valence-corrected chi connectivity index (χ4v) is 10.7. The number of methoxy groups -OCH3 is 1. The Morgan fingerprint density at radius 3 is 2.27 bits per heavy atom. The molecule has 3 aliphatic rings. The van der Waals surface area contributed by atoms with E-state index in [1.807, 2.05) is 68.1 Å². The van der Waals surface area contributed by atoms with Gasteiger partial charge in [-0.1, -0.05) is 54.8 Å². The molecule has 64 heavy (non-hydrogen) atoms. The number of hydrogen-bond donors (Lipinski definition) is 2. The molecule has 1 atom stereocenters. The Labute approximate surface area is 382 Å². The average molecular weight is 904 g/mol. The number of carbonyl (C=O) groups excluding carboxylic acids is 1. The number of aromatic nitrogens is 6. The minimum atomic E-state index is -0.472. The summed E-state index contributed by atoms with van der Waals surface area (Å²) < 4.78 is 9.30. The number of piperidine rings is 1. The van der Waals surface area contributed by atoms with E-state index in [9.17, 15) is 15.0 Å². The van der Waals surface area contributed by atoms with Gasteiger partial charge in [0.1, 0.15) is 28.4 Å². The van der Waals surface area contributed by atoms with Crippen LogP contribution in [0, 0.1) is 26.7 Å². The van der Waals surface area contributed by atoms with E-state index < -0.39 is 6.04 Å². The molecule has 0 radical (unpaired) electrons. The number of aryl methyl sites for hydroxylation is 2. The van der Waals surface area contributed by atoms with E-state index in [-0.39, 0.29) is 30.0 Å². The second-order valence-corrected chi connectivity index (χ2v) is 19.2. The lowest BCUT2D eigenvalue weighted by atomic mass is 9.95. The minimum absolute atomic E-state index is 0.0719. The molecule has 3 aliphatic heterocycles. The highest BCUT2D eigenvalue weighted by molar-refractivity contribution is 7.15. The lowest BCUT2D eigenvalue weighted by molar-refractivity contribution is -0.133. The number of aliphatic imine (C=N–C) groups is 1. The van der Waals surface area contributed by atoms with E-state index in [1.165, 1.54) is 16.0 Å². The summed E-state index contributed by atoms with van der Waals surface area (Å²) in [6.07, 6.45) is 2.20. The van der Waals surface area contributed by atoms with Crippen molar-refractivity contribution in [2.24, 2.45) is 10.9 Å². The van der Waals surface area contributed by atoms with E-state index >= 15 is 0 Å². The first-order chi connectivity index (χ1) is 30.9. The van der Waals surface area contributed by atoms with Crippen LogP contribution in [0.15, 0.2) is 65.7 Å². The van der Waals surface area contributed by atoms with Crippen molar-refractivity contribution in [2.75, 3.05) is 52.9 Å². The Kier molecular flexibility index (Phi) is 12.3. The Hall–Kier alpha value is -5.61. The van der Waals surface area contributed by atoms with Crippen LogP contribution >= 0.6 is 22.9 Å². The molecule has 14 nitrogen and oxygen atoms in total. The van der Waals surface area contributed by atoms with Crippen LogP contribution in [0.2, 0.25) is 5.02 Å². The molecule has 0 bridgehead atoms. The van der Waals surface area contributed by atoms with Gasteiger partial charge in [-0.15, -0.1) is 26.6 Å². The van der Waals surface area contributed by atoms with Gasteiger partial charge in [-0.2, -0.15) is 0 Å². The number of nitrogens with zero attached hydrogens (tertiary/aromatic N) is 10. The number of thiophene rings is 1. The SMILES string of the molecule is COc1cc(O)c(C(C)C)cc1-c1nnc(O)n1-c1ccc(CN2CCN(CC3CCN(C(=O)C[C@@H]4N=C(c5ccc(Cl)cc5)c5c(sc(C)c5C)-n5c(C)nnc54)CC3)CC2)cc1. The number of benzene rings is 3. The van der Waals surface area contributed by atoms with Crippen LogP contribution in [-0.4, -0.2) is 119 Å². The van der Waals surface area contributed by atoms with Crippen LogP contribution in [0.4, 0.5) is 0 Å². The zero-order chi connectivity index (χ0) is 44.8. The van der Waals surface area contributed by atoms with E-state index in [0.29, 0.717) is 33.9 Å². The van der Waals surface area contributed by atoms with Crippen LogP contribution in [-0.2, 0) is 11.3 Å². The van der Waals surface area contributed by atoms with Crippen molar-refractivity contribution in [3.05, 3.63) is 110 Å². The van der Waals surface area contributed by atoms with Gasteiger partial charge in [0.25, 0.3) is 0 Å². The van der Waals surface area contributed by atoms with E-state index in [2.05, 4.69) is 60.7 Å². The summed E-state index contributed by atoms with van der Waals surface area (Å²) in [6, 6.07) is 18.6. The van der Waals surface area contributed by atoms with Crippen molar-refractivity contribution in [3.8, 4) is 39.6 Å². The van der Waals surface area contributed by atoms with Crippen LogP contribution in [0.3, 0.4) is 0 Å². The summed E-state index contributed by atoms with van der Waals surface area (Å²) in [5.74, 6) is 3.23. The van der Waals surface area contributed by atoms with E-state index in [0.717, 1.165) is 104 Å². The second kappa shape index (κ2) is 18.1. The summed E-state index contributed by atoms with van der Waals surface area (Å²) in [6.45, 7) is 17.6. The minimum Gasteiger partial charge on any atom is -0.508 e. The van der Waals surface area contributed by atoms with Gasteiger partial charge in [-0.3, -0.25) is 19.3 Å². The topological polar surface area (TPSA) is 150 Å². The molecule has 9 rings (SSSR count). The number of aromatic hydroxyl groups is 2. The van der Waals surface area contributed by atoms with Crippen molar-refractivity contribution >= 4 is 34.6 Å². The maximum atomic E-state index is 14.1. The number of carbonyl (C=O) groups is 1. The Bertz CT molecular complexity index is 2690. The first kappa shape index (κ1) is 43.6. The van der Waals surface area contributed by atoms with Gasteiger partial charge < -0.3 is 24.7 Å². The van der Waals surface area contributed by atoms with Crippen LogP contribution in [0.25, 0.3) is 22.1 Å². The summed E-state index contributed by atoms with van der Waals surface area (Å²) in [4.78, 5) is 27.7. The molecule has 0 saturated carbocycles. The first-order valence-electron chi connectivity index (χ1n) is 22.1. The lowest BCUT2D eigenvalue weighted by Crippen LogP contribution is -2.48. The Morgan fingerprint density at radius 2 is 1.58 bits per heavy atom. The standard InChI is InChI=1S/C48H55ClN10O4S/c1-28(2)37-23-38(41(63-6)25-40(37)60)45-52-54-48(62)59(45)36-13-7-32(8-14-36)26-55-19-21-56(22-20-55)27-33-15-17-57(18-16-33)42(61)24-39-46-53-51-31(5)58(46)47-43(29(3)30(4)64-47)44(50-39)34-9-11-35(49)12-10-34/h7-14,23,25,28,33,39,60H,15-22,24,26-27H2,1-6H3,(H,54,62)/t39-/m0/s1. The number of phenols is 1. The van der Waals surface area contributed by atoms with Gasteiger partial charge >= 0.3 is 6.01 Å². The highest BCUT2D eigenvalue weighted by Crippen LogP contribution is 2.41. The number of hydrogen-bond acceptors (Lipinski definition) is 12. The van der Waals surface area contributed by atoms with Crippen LogP contribution in [0.5, 0.6) is 17.5 Å². The van der Waals surface area contributed by atoms with Gasteiger partial charge in [0.2, 0.25) is 5.91 Å². The number of fused-ring (bicyclic) bond motifs is 3. The average Bonchev–Trinajstić information content (AvgIpc) is 3.93. The fraction of sp³-hybridized carbons (Fsp3) is 0.417. The number of halogens is 1. The van der Waals surface area contributed by atoms with Crippen molar-refractivity contribution < 1.29 is 19.7 Å². The molecule has 2 fully saturated rings. The highest BCUT2D eigenvalue weighted by Gasteiger charge is 2.34. The lowest BCUT2D eigenvalue weighted by Gasteiger charge is -2.39. The Morgan fingerprint density at radius 1 is 0.875 bits per heavy atom. The molecule has 2 N–H and O–H groups in total. The smallest absolute Gasteiger partial charge is 0.319 e. The summed E-state index contributed by atoms with van der Waals surface area (Å²) in [5.41, 5.74) is 7.35. The number of ether oxygens (including phenoxy) is 1. The van der Waals surface area contributed by atoms with Gasteiger partial charge in [0.05, 0.1) is 30.5 Å². The number of likely N-dealkylation sites (tertiary alicyclic amines) is 1. The van der Waals surface area contributed by atoms with Gasteiger partial charge in [0.15, 0.2) is 11.6 Å². The number of rotatable bonds is 11. The number of piperazine rings is 1. The van der Waals surface area contributed by atoms with Crippen molar-refractivity contribution in [2.45, 2.75) is 72.4 Å². The molecule has 0 aliphatic carbocycles. The molecule has 334 valence electrons. The molecule has 6 heterocycles. The zero-order valence-electron chi connectivity index (χ0n) is 37.3. The zero-order valence-corrected chi connectivity index (χ0v) is 38.8. The third-order valence-electron chi connectivity index (χ3n) is 13.1. The molecular formula is C48H55ClN10O4S. The predicted octanol–water partition coefficient (Wildman–Crippen LogP) is 8.04. The first-order valence-corrected chi connectivity index (χ1v) is 23.3. The summed E-state index contributed by atoms with van der Waals surface area (Å²) >= 11 is 8.01. The van der Waals surface area contributed by atoms with Crippen LogP contribution < -0.4 is 4.74 Å². The molecule has 16 heteroatoms. The van der Waals surface area contributed by atoms with Gasteiger partial charge in [0, 0.05) is 79.5 Å². The second-order valence-electron chi connectivity index (χ2n) is 17.6. The third-order valence-corrected chi connectivity index (χ3v) is 14.6. The normalized spacial score (nSPS) is 17.3. The van der Waals surface area contributed by atoms with Gasteiger partial charge in [-0.05, 0) is 92.5 Å².